The molecule has 27 rings (SSSR count). The van der Waals surface area contributed by atoms with Crippen LogP contribution in [0.4, 0.5) is 0 Å². The van der Waals surface area contributed by atoms with Gasteiger partial charge in [0.2, 0.25) is 0 Å². The van der Waals surface area contributed by atoms with Gasteiger partial charge in [-0.2, -0.15) is 0 Å². The largest absolute Gasteiger partial charge is 0.256 e. The molecule has 24 aromatic rings. The summed E-state index contributed by atoms with van der Waals surface area (Å²) in [5.74, 6) is 2.23. The van der Waals surface area contributed by atoms with Crippen molar-refractivity contribution in [2.75, 3.05) is 0 Å². The van der Waals surface area contributed by atoms with E-state index in [2.05, 4.69) is 447 Å². The first-order chi connectivity index (χ1) is 67.7. The zero-order chi connectivity index (χ0) is 92.5. The number of fused-ring (bicyclic) bond motifs is 18. The van der Waals surface area contributed by atoms with Crippen molar-refractivity contribution in [1.29, 1.82) is 0 Å². The fourth-order valence-electron chi connectivity index (χ4n) is 21.4. The Labute approximate surface area is 813 Å². The minimum absolute atomic E-state index is 0.224. The second kappa shape index (κ2) is 33.7. The van der Waals surface area contributed by atoms with Crippen LogP contribution in [-0.4, -0.2) is 34.9 Å². The maximum Gasteiger partial charge on any atom is 0.160 e. The molecule has 0 fully saturated rings. The summed E-state index contributed by atoms with van der Waals surface area (Å²) >= 11 is 5.61. The summed E-state index contributed by atoms with van der Waals surface area (Å²) < 4.78 is 7.95. The van der Waals surface area contributed by atoms with E-state index >= 15 is 0 Å². The third-order valence-electron chi connectivity index (χ3n) is 28.4. The van der Waals surface area contributed by atoms with E-state index in [1.807, 2.05) is 64.5 Å². The number of hydrogen-bond donors (Lipinski definition) is 0. The molecular weight excluding hydrogens is 1730 g/mol. The van der Waals surface area contributed by atoms with E-state index in [9.17, 15) is 0 Å². The van der Waals surface area contributed by atoms with Gasteiger partial charge in [0.15, 0.2) is 17.5 Å². The fraction of sp³-hybridized carbons (Fsp3) is 0.0703. The molecule has 0 aliphatic heterocycles. The smallest absolute Gasteiger partial charge is 0.160 e. The summed E-state index contributed by atoms with van der Waals surface area (Å²) in [4.78, 5) is 36.3. The highest BCUT2D eigenvalue weighted by molar-refractivity contribution is 7.27. The number of aromatic nitrogens is 7. The van der Waals surface area contributed by atoms with Crippen molar-refractivity contribution in [1.82, 2.24) is 34.9 Å². The van der Waals surface area contributed by atoms with Gasteiger partial charge in [-0.05, 0) is 109 Å². The van der Waals surface area contributed by atoms with E-state index in [0.29, 0.717) is 0 Å². The van der Waals surface area contributed by atoms with Crippen molar-refractivity contribution in [3.63, 3.8) is 0 Å². The van der Waals surface area contributed by atoms with E-state index in [0.717, 1.165) is 102 Å². The lowest BCUT2D eigenvalue weighted by Gasteiger charge is -2.24. The predicted octanol–water partition coefficient (Wildman–Crippen LogP) is 34.9. The molecule has 10 heteroatoms. The van der Waals surface area contributed by atoms with Crippen molar-refractivity contribution in [3.05, 3.63) is 464 Å². The summed E-state index contributed by atoms with van der Waals surface area (Å²) in [6.45, 7) is 13.8. The molecule has 7 aromatic heterocycles. The fourth-order valence-corrected chi connectivity index (χ4v) is 25.2. The van der Waals surface area contributed by atoms with Crippen molar-refractivity contribution in [2.45, 2.75) is 57.8 Å². The topological polar surface area (TPSA) is 90.2 Å². The SMILES string of the molecule is CC1(C)c2ccccc2-c2nc(-c3ccc(-c4ccccc4)cc3)nc(-c3ccc(-c4cccc5c4sc4ccccc45)cc3)c21.CC1(C)c2ccccc2-c2nc(-c3ccc(-c4ccccn4)cc3)nc(-c3ccc(-c4cccc5c4sc4ccccc45)cc3)c21.CC1(C)c2ccccc2-c2nc(-c3cccc(-c4ccccc4)c3)nc(-c3ccc(-c4cccc5c4sc4ccccc45)cc3)c21. The van der Waals surface area contributed by atoms with Crippen LogP contribution in [0.1, 0.15) is 74.9 Å². The van der Waals surface area contributed by atoms with E-state index < -0.39 is 0 Å². The van der Waals surface area contributed by atoms with Crippen molar-refractivity contribution < 1.29 is 0 Å². The van der Waals surface area contributed by atoms with Crippen LogP contribution in [0.5, 0.6) is 0 Å². The van der Waals surface area contributed by atoms with Crippen LogP contribution in [0.2, 0.25) is 0 Å². The molecule has 3 aliphatic rings. The Bertz CT molecular complexity index is 8580. The summed E-state index contributed by atoms with van der Waals surface area (Å²) in [5.41, 5.74) is 36.9. The monoisotopic (exact) mass is 1820 g/mol. The van der Waals surface area contributed by atoms with Gasteiger partial charge < -0.3 is 0 Å². The average molecular weight is 1820 g/mol. The van der Waals surface area contributed by atoms with Crippen LogP contribution in [-0.2, 0) is 16.2 Å². The first kappa shape index (κ1) is 83.6. The normalized spacial score (nSPS) is 13.2. The molecule has 7 nitrogen and oxygen atoms in total. The number of benzene rings is 17. The standard InChI is InChI=1S/2C43H30N2S.C42H29N3S/c1-43(2)36-20-8-6-17-35(36)40-38(43)39(44-42(45-40)31-15-10-14-30(26-31)27-12-4-3-5-13-27)29-24-22-28(23-25-29)32-18-11-19-34-33-16-7-9-21-37(33)46-41(32)34;1-43(2)36-17-8-6-14-35(36)40-38(43)39(44-42(45-40)31-25-19-28(20-26-31)27-11-4-3-5-12-27)30-23-21-29(22-24-30)32-15-10-16-34-33-13-7-9-18-37(33)46-41(32)34;1-42(2)34-14-5-3-11-33(34)39-37(42)38(44-41(45-39)29-23-19-27(20-24-29)35-15-7-8-25-43-35)28-21-17-26(18-22-28)30-12-9-13-32-31-10-4-6-16-36(31)46-40(30)32/h2*3-26H,1-2H3;3-25H,1-2H3. The summed E-state index contributed by atoms with van der Waals surface area (Å²) in [5, 5.41) is 7.91. The molecule has 0 amide bonds. The zero-order valence-corrected chi connectivity index (χ0v) is 79.3. The van der Waals surface area contributed by atoms with Gasteiger partial charge in [0.1, 0.15) is 0 Å². The lowest BCUT2D eigenvalue weighted by molar-refractivity contribution is 0.657. The first-order valence-corrected chi connectivity index (χ1v) is 49.6. The Kier molecular flexibility index (Phi) is 20.4. The molecule has 17 aromatic carbocycles. The van der Waals surface area contributed by atoms with Gasteiger partial charge in [-0.1, -0.05) is 430 Å². The Morgan fingerprint density at radius 2 is 0.442 bits per heavy atom. The Balaban J connectivity index is 0.000000110. The number of nitrogens with zero attached hydrogens (tertiary/aromatic N) is 7. The molecule has 0 unspecified atom stereocenters. The molecular formula is C128H89N7S3. The molecule has 0 saturated heterocycles. The molecule has 0 atom stereocenters. The molecule has 0 radical (unpaired) electrons. The highest BCUT2D eigenvalue weighted by atomic mass is 32.1. The lowest BCUT2D eigenvalue weighted by Crippen LogP contribution is -2.17. The minimum atomic E-state index is -0.232. The minimum Gasteiger partial charge on any atom is -0.256 e. The molecule has 654 valence electrons. The van der Waals surface area contributed by atoms with E-state index in [1.54, 1.807) is 0 Å². The van der Waals surface area contributed by atoms with Crippen LogP contribution in [0.25, 0.3) is 229 Å². The second-order valence-electron chi connectivity index (χ2n) is 37.6. The van der Waals surface area contributed by atoms with E-state index in [-0.39, 0.29) is 16.2 Å². The molecule has 0 bridgehead atoms. The van der Waals surface area contributed by atoms with Gasteiger partial charge in [0.25, 0.3) is 0 Å². The summed E-state index contributed by atoms with van der Waals surface area (Å²) in [6, 6.07) is 152. The van der Waals surface area contributed by atoms with Gasteiger partial charge in [-0.3, -0.25) is 4.98 Å². The highest BCUT2D eigenvalue weighted by Gasteiger charge is 2.44. The van der Waals surface area contributed by atoms with Gasteiger partial charge >= 0.3 is 0 Å². The van der Waals surface area contributed by atoms with E-state index in [1.165, 1.54) is 161 Å². The van der Waals surface area contributed by atoms with Crippen LogP contribution in [0.15, 0.2) is 431 Å². The number of rotatable bonds is 12. The maximum absolute atomic E-state index is 5.37. The Morgan fingerprint density at radius 3 is 0.819 bits per heavy atom. The molecule has 7 heterocycles. The summed E-state index contributed by atoms with van der Waals surface area (Å²) in [7, 11) is 0. The Hall–Kier alpha value is -16.2. The van der Waals surface area contributed by atoms with E-state index in [4.69, 9.17) is 29.9 Å². The molecule has 0 N–H and O–H groups in total. The third kappa shape index (κ3) is 14.3. The average Bonchev–Trinajstić information content (AvgIpc) is 1.57. The zero-order valence-electron chi connectivity index (χ0n) is 76.8. The lowest BCUT2D eigenvalue weighted by atomic mass is 9.80. The number of hydrogen-bond acceptors (Lipinski definition) is 10. The van der Waals surface area contributed by atoms with Crippen molar-refractivity contribution in [2.24, 2.45) is 0 Å². The molecule has 0 spiro atoms. The van der Waals surface area contributed by atoms with Gasteiger partial charge in [0.05, 0.1) is 39.9 Å². The highest BCUT2D eigenvalue weighted by Crippen LogP contribution is 2.57. The maximum atomic E-state index is 5.37. The quantitative estimate of drug-likeness (QED) is 0.120. The molecule has 0 saturated carbocycles. The first-order valence-electron chi connectivity index (χ1n) is 47.1. The van der Waals surface area contributed by atoms with Gasteiger partial charge in [0, 0.05) is 155 Å². The second-order valence-corrected chi connectivity index (χ2v) is 40.8. The van der Waals surface area contributed by atoms with Gasteiger partial charge in [-0.25, -0.2) is 29.9 Å². The van der Waals surface area contributed by atoms with Crippen LogP contribution in [0, 0.1) is 0 Å². The van der Waals surface area contributed by atoms with Crippen LogP contribution >= 0.6 is 34.0 Å². The van der Waals surface area contributed by atoms with Crippen LogP contribution < -0.4 is 0 Å². The van der Waals surface area contributed by atoms with Crippen molar-refractivity contribution >= 4 is 94.5 Å². The number of thiophene rings is 3. The Morgan fingerprint density at radius 1 is 0.181 bits per heavy atom. The molecule has 3 aliphatic carbocycles. The predicted molar refractivity (Wildman–Crippen MR) is 580 cm³/mol. The van der Waals surface area contributed by atoms with Gasteiger partial charge in [-0.15, -0.1) is 34.0 Å². The molecule has 138 heavy (non-hydrogen) atoms. The third-order valence-corrected chi connectivity index (χ3v) is 32.0. The van der Waals surface area contributed by atoms with Crippen molar-refractivity contribution in [3.8, 4) is 169 Å². The number of pyridine rings is 1. The summed E-state index contributed by atoms with van der Waals surface area (Å²) in [6.07, 6.45) is 1.83. The van der Waals surface area contributed by atoms with Crippen LogP contribution in [0.3, 0.4) is 0 Å².